The summed E-state index contributed by atoms with van der Waals surface area (Å²) in [7, 11) is -4.30. The first-order valence-electron chi connectivity index (χ1n) is 6.72. The fraction of sp³-hybridized carbons (Fsp3) is 0.385. The van der Waals surface area contributed by atoms with Gasteiger partial charge in [0.2, 0.25) is 0 Å². The number of nitrogens with two attached hydrogens (primary N) is 1. The second-order valence-corrected chi connectivity index (χ2v) is 6.43. The molecule has 0 fully saturated rings. The third-order valence-electron chi connectivity index (χ3n) is 3.05. The van der Waals surface area contributed by atoms with Gasteiger partial charge in [-0.2, -0.15) is 0 Å². The van der Waals surface area contributed by atoms with Crippen LogP contribution in [0.25, 0.3) is 11.0 Å². The molecule has 120 valence electrons. The molecule has 0 radical (unpaired) electrons. The lowest BCUT2D eigenvalue weighted by Gasteiger charge is -2.13. The van der Waals surface area contributed by atoms with E-state index in [9.17, 15) is 19.1 Å². The molecule has 2 aromatic rings. The van der Waals surface area contributed by atoms with Crippen LogP contribution in [0.4, 0.5) is 0 Å². The zero-order valence-corrected chi connectivity index (χ0v) is 12.9. The number of para-hydroxylation sites is 2. The lowest BCUT2D eigenvalue weighted by molar-refractivity contribution is -0.144. The molecule has 0 aliphatic rings. The Morgan fingerprint density at radius 3 is 2.77 bits per heavy atom. The Balaban J connectivity index is 2.37. The van der Waals surface area contributed by atoms with Crippen LogP contribution in [-0.4, -0.2) is 38.0 Å². The highest BCUT2D eigenvalue weighted by molar-refractivity contribution is 7.50. The monoisotopic (exact) mass is 327 g/mol. The molecule has 0 amide bonds. The van der Waals surface area contributed by atoms with E-state index in [-0.39, 0.29) is 13.0 Å². The predicted molar refractivity (Wildman–Crippen MR) is 80.1 cm³/mol. The molecule has 22 heavy (non-hydrogen) atoms. The molecule has 0 bridgehead atoms. The van der Waals surface area contributed by atoms with Gasteiger partial charge in [0, 0.05) is 6.42 Å². The first kappa shape index (κ1) is 16.6. The zero-order chi connectivity index (χ0) is 16.3. The van der Waals surface area contributed by atoms with E-state index in [1.807, 2.05) is 0 Å². The Labute approximate surface area is 127 Å². The molecule has 1 aromatic heterocycles. The minimum atomic E-state index is -4.30. The Bertz CT molecular complexity index is 724. The van der Waals surface area contributed by atoms with Crippen molar-refractivity contribution in [3.8, 4) is 0 Å². The smallest absolute Gasteiger partial charge is 0.345 e. The number of carbonyl (C=O) groups excluding carboxylic acids is 1. The topological polar surface area (TPSA) is 128 Å². The Morgan fingerprint density at radius 2 is 2.14 bits per heavy atom. The lowest BCUT2D eigenvalue weighted by Crippen LogP contribution is -2.35. The van der Waals surface area contributed by atoms with Gasteiger partial charge in [0.25, 0.3) is 0 Å². The summed E-state index contributed by atoms with van der Waals surface area (Å²) in [5, 5.41) is 0. The van der Waals surface area contributed by atoms with E-state index in [2.05, 4.69) is 4.98 Å². The second-order valence-electron chi connectivity index (χ2n) is 4.81. The van der Waals surface area contributed by atoms with Gasteiger partial charge in [0.1, 0.15) is 18.2 Å². The molecule has 0 saturated heterocycles. The summed E-state index contributed by atoms with van der Waals surface area (Å²) in [6.07, 6.45) is -0.480. The van der Waals surface area contributed by atoms with Crippen LogP contribution in [0.3, 0.4) is 0 Å². The van der Waals surface area contributed by atoms with Crippen molar-refractivity contribution in [3.05, 3.63) is 30.1 Å². The molecule has 2 rings (SSSR count). The quantitative estimate of drug-likeness (QED) is 0.523. The van der Waals surface area contributed by atoms with E-state index in [0.717, 1.165) is 0 Å². The third kappa shape index (κ3) is 3.92. The Kier molecular flexibility index (Phi) is 4.97. The number of rotatable bonds is 6. The van der Waals surface area contributed by atoms with Crippen molar-refractivity contribution in [1.82, 2.24) is 9.55 Å². The normalized spacial score (nSPS) is 13.3. The van der Waals surface area contributed by atoms with Gasteiger partial charge in [0.05, 0.1) is 17.6 Å². The molecule has 1 aromatic carbocycles. The molecule has 1 heterocycles. The molecule has 0 aliphatic heterocycles. The van der Waals surface area contributed by atoms with Crippen molar-refractivity contribution in [2.75, 3.05) is 6.61 Å². The molecule has 1 atom stereocenters. The van der Waals surface area contributed by atoms with Crippen LogP contribution in [0.15, 0.2) is 24.3 Å². The second kappa shape index (κ2) is 6.58. The molecule has 9 heteroatoms. The van der Waals surface area contributed by atoms with E-state index in [0.29, 0.717) is 16.9 Å². The zero-order valence-electron chi connectivity index (χ0n) is 12.0. The fourth-order valence-corrected chi connectivity index (χ4v) is 2.84. The largest absolute Gasteiger partial charge is 0.465 e. The van der Waals surface area contributed by atoms with E-state index < -0.39 is 25.9 Å². The number of imidazole rings is 1. The maximum Gasteiger partial charge on any atom is 0.345 e. The van der Waals surface area contributed by atoms with Crippen molar-refractivity contribution in [3.63, 3.8) is 0 Å². The van der Waals surface area contributed by atoms with Crippen LogP contribution in [0.1, 0.15) is 12.7 Å². The number of aromatic nitrogens is 2. The summed E-state index contributed by atoms with van der Waals surface area (Å²) in [6, 6.07) is 6.01. The van der Waals surface area contributed by atoms with Crippen molar-refractivity contribution in [2.24, 2.45) is 5.73 Å². The number of carbonyl (C=O) groups is 1. The molecule has 4 N–H and O–H groups in total. The summed E-state index contributed by atoms with van der Waals surface area (Å²) in [5.41, 5.74) is 6.93. The first-order valence-corrected chi connectivity index (χ1v) is 8.52. The van der Waals surface area contributed by atoms with Crippen LogP contribution in [-0.2, 0) is 26.8 Å². The van der Waals surface area contributed by atoms with Crippen LogP contribution in [0.2, 0.25) is 0 Å². The minimum absolute atomic E-state index is 0.0352. The SMILES string of the molecule is CCOC(=O)[C@H](N)Cc1nc2ccccc2n1CP(=O)(O)O. The van der Waals surface area contributed by atoms with Gasteiger partial charge in [0.15, 0.2) is 0 Å². The van der Waals surface area contributed by atoms with Crippen molar-refractivity contribution in [1.29, 1.82) is 0 Å². The van der Waals surface area contributed by atoms with Gasteiger partial charge in [-0.3, -0.25) is 9.36 Å². The summed E-state index contributed by atoms with van der Waals surface area (Å²) in [4.78, 5) is 34.4. The maximum absolute atomic E-state index is 11.6. The van der Waals surface area contributed by atoms with Crippen molar-refractivity contribution >= 4 is 24.6 Å². The first-order chi connectivity index (χ1) is 10.3. The summed E-state index contributed by atoms with van der Waals surface area (Å²) >= 11 is 0. The maximum atomic E-state index is 11.6. The molecule has 0 aliphatic carbocycles. The number of ether oxygens (including phenoxy) is 1. The van der Waals surface area contributed by atoms with Crippen molar-refractivity contribution < 1.29 is 23.9 Å². The average Bonchev–Trinajstić information content (AvgIpc) is 2.75. The highest BCUT2D eigenvalue weighted by Gasteiger charge is 2.23. The van der Waals surface area contributed by atoms with E-state index in [1.165, 1.54) is 4.57 Å². The molecular weight excluding hydrogens is 309 g/mol. The van der Waals surface area contributed by atoms with Gasteiger partial charge in [-0.1, -0.05) is 12.1 Å². The summed E-state index contributed by atoms with van der Waals surface area (Å²) in [6.45, 7) is 1.89. The standard InChI is InChI=1S/C13H18N3O5P/c1-2-21-13(17)9(14)7-12-15-10-5-3-4-6-11(10)16(12)8-22(18,19)20/h3-6,9H,2,7-8,14H2,1H3,(H2,18,19,20)/t9-/m1/s1. The third-order valence-corrected chi connectivity index (χ3v) is 3.70. The van der Waals surface area contributed by atoms with Gasteiger partial charge < -0.3 is 24.8 Å². The number of benzene rings is 1. The molecule has 0 unspecified atom stereocenters. The van der Waals surface area contributed by atoms with Crippen LogP contribution >= 0.6 is 7.60 Å². The van der Waals surface area contributed by atoms with Gasteiger partial charge in [-0.25, -0.2) is 4.98 Å². The van der Waals surface area contributed by atoms with E-state index in [1.54, 1.807) is 31.2 Å². The number of nitrogens with zero attached hydrogens (tertiary/aromatic N) is 2. The van der Waals surface area contributed by atoms with Gasteiger partial charge >= 0.3 is 13.6 Å². The number of hydrogen-bond acceptors (Lipinski definition) is 5. The lowest BCUT2D eigenvalue weighted by atomic mass is 10.2. The summed E-state index contributed by atoms with van der Waals surface area (Å²) in [5.74, 6) is -0.234. The van der Waals surface area contributed by atoms with Crippen LogP contribution < -0.4 is 5.73 Å². The molecule has 8 nitrogen and oxygen atoms in total. The number of hydrogen-bond donors (Lipinski definition) is 3. The average molecular weight is 327 g/mol. The van der Waals surface area contributed by atoms with Gasteiger partial charge in [-0.05, 0) is 19.1 Å². The molecule has 0 saturated carbocycles. The number of fused-ring (bicyclic) bond motifs is 1. The molecular formula is C13H18N3O5P. The van der Waals surface area contributed by atoms with Gasteiger partial charge in [-0.15, -0.1) is 0 Å². The number of esters is 1. The van der Waals surface area contributed by atoms with E-state index in [4.69, 9.17) is 10.5 Å². The van der Waals surface area contributed by atoms with E-state index >= 15 is 0 Å². The minimum Gasteiger partial charge on any atom is -0.465 e. The summed E-state index contributed by atoms with van der Waals surface area (Å²) < 4.78 is 17.6. The highest BCUT2D eigenvalue weighted by atomic mass is 31.2. The highest BCUT2D eigenvalue weighted by Crippen LogP contribution is 2.38. The molecule has 0 spiro atoms. The van der Waals surface area contributed by atoms with Crippen LogP contribution in [0, 0.1) is 0 Å². The predicted octanol–water partition coefficient (Wildman–Crippen LogP) is 0.604. The fourth-order valence-electron chi connectivity index (χ4n) is 2.15. The Hall–Kier alpha value is -1.73. The Morgan fingerprint density at radius 1 is 1.45 bits per heavy atom. The van der Waals surface area contributed by atoms with Crippen molar-refractivity contribution in [2.45, 2.75) is 25.7 Å². The van der Waals surface area contributed by atoms with Crippen LogP contribution in [0.5, 0.6) is 0 Å².